The summed E-state index contributed by atoms with van der Waals surface area (Å²) in [4.78, 5) is 55.5. The Kier molecular flexibility index (Phi) is 14.3. The number of ether oxygens (including phenoxy) is 1. The molecule has 0 bridgehead atoms. The van der Waals surface area contributed by atoms with Crippen LogP contribution in [-0.4, -0.2) is 70.3 Å². The molecule has 2 aliphatic heterocycles. The molecular formula is C50H47BN5O8S2. The van der Waals surface area contributed by atoms with E-state index < -0.39 is 5.97 Å². The number of rotatable bonds is 16. The molecule has 5 aromatic carbocycles. The second-order valence-electron chi connectivity index (χ2n) is 15.5. The lowest BCUT2D eigenvalue weighted by atomic mass is 9.76. The number of carboxylic acids is 1. The predicted molar refractivity (Wildman–Crippen MR) is 259 cm³/mol. The number of hydrogen-bond donors (Lipinski definition) is 2. The van der Waals surface area contributed by atoms with Crippen LogP contribution in [-0.2, 0) is 30.7 Å². The Hall–Kier alpha value is -6.72. The summed E-state index contributed by atoms with van der Waals surface area (Å²) in [6, 6.07) is 31.6. The SMILES string of the molecule is C=c1cc2c(c3ccccc13)=Nc1ccc(N(C)CC[B]COOC)cc1O2.CCC(=O)NCCN1C(=CC2=C([O-])C(=Cc3sc4ccccc4[n+]3CCC(=O)O)C2=O)Sc2ccccc21. The summed E-state index contributed by atoms with van der Waals surface area (Å²) < 4.78 is 9.00. The van der Waals surface area contributed by atoms with E-state index in [1.807, 2.05) is 95.6 Å². The minimum atomic E-state index is -0.918. The van der Waals surface area contributed by atoms with E-state index in [2.05, 4.69) is 46.9 Å². The van der Waals surface area contributed by atoms with Crippen molar-refractivity contribution >= 4 is 98.7 Å². The number of ketones is 1. The van der Waals surface area contributed by atoms with Gasteiger partial charge in [-0.25, -0.2) is 14.8 Å². The van der Waals surface area contributed by atoms with E-state index >= 15 is 0 Å². The molecule has 3 heterocycles. The van der Waals surface area contributed by atoms with Gasteiger partial charge in [-0.15, -0.1) is 0 Å². The number of Topliss-reactive ketones (excluding diaryl/α,β-unsaturated/α-hetero) is 1. The van der Waals surface area contributed by atoms with Gasteiger partial charge in [0.25, 0.3) is 5.01 Å². The van der Waals surface area contributed by atoms with Gasteiger partial charge in [0.15, 0.2) is 31.1 Å². The van der Waals surface area contributed by atoms with Gasteiger partial charge in [-0.3, -0.25) is 14.4 Å². The Morgan fingerprint density at radius 1 is 1.03 bits per heavy atom. The maximum absolute atomic E-state index is 13.1. The quantitative estimate of drug-likeness (QED) is 0.0268. The van der Waals surface area contributed by atoms with Gasteiger partial charge in [-0.05, 0) is 53.1 Å². The Morgan fingerprint density at radius 3 is 2.59 bits per heavy atom. The van der Waals surface area contributed by atoms with Crippen LogP contribution in [0.5, 0.6) is 11.5 Å². The first-order chi connectivity index (χ1) is 32.0. The van der Waals surface area contributed by atoms with Crippen molar-refractivity contribution in [1.82, 2.24) is 5.32 Å². The summed E-state index contributed by atoms with van der Waals surface area (Å²) in [5.74, 6) is -0.107. The Morgan fingerprint density at radius 2 is 1.80 bits per heavy atom. The molecule has 0 atom stereocenters. The van der Waals surface area contributed by atoms with Gasteiger partial charge < -0.3 is 30.1 Å². The highest BCUT2D eigenvalue weighted by Gasteiger charge is 2.32. The normalized spacial score (nSPS) is 14.8. The number of thioether (sulfide) groups is 1. The molecule has 335 valence electrons. The average Bonchev–Trinajstić information content (AvgIpc) is 3.87. The van der Waals surface area contributed by atoms with Gasteiger partial charge in [-0.2, -0.15) is 4.57 Å². The maximum atomic E-state index is 13.1. The number of thiazole rings is 1. The smallest absolute Gasteiger partial charge is 0.309 e. The number of allylic oxidation sites excluding steroid dienone is 3. The number of amides is 1. The molecule has 1 aliphatic carbocycles. The zero-order valence-corrected chi connectivity index (χ0v) is 38.4. The highest BCUT2D eigenvalue weighted by Crippen LogP contribution is 2.47. The van der Waals surface area contributed by atoms with Gasteiger partial charge in [0.2, 0.25) is 11.4 Å². The summed E-state index contributed by atoms with van der Waals surface area (Å²) >= 11 is 2.90. The third kappa shape index (κ3) is 9.92. The first-order valence-corrected chi connectivity index (χ1v) is 23.1. The van der Waals surface area contributed by atoms with E-state index in [0.717, 1.165) is 82.9 Å². The van der Waals surface area contributed by atoms with E-state index in [4.69, 9.17) is 14.6 Å². The van der Waals surface area contributed by atoms with Crippen LogP contribution in [0, 0.1) is 0 Å². The Labute approximate surface area is 390 Å². The van der Waals surface area contributed by atoms with Crippen LogP contribution in [0.15, 0.2) is 135 Å². The second kappa shape index (κ2) is 20.6. The number of anilines is 2. The molecule has 0 saturated heterocycles. The fourth-order valence-electron chi connectivity index (χ4n) is 7.73. The monoisotopic (exact) mass is 920 g/mol. The van der Waals surface area contributed by atoms with Crippen LogP contribution in [0.4, 0.5) is 17.1 Å². The highest BCUT2D eigenvalue weighted by molar-refractivity contribution is 8.03. The lowest BCUT2D eigenvalue weighted by Crippen LogP contribution is -2.37. The predicted octanol–water partition coefficient (Wildman–Crippen LogP) is 6.63. The topological polar surface area (TPSA) is 157 Å². The fraction of sp³-hybridized carbons (Fsp3) is 0.220. The lowest BCUT2D eigenvalue weighted by molar-refractivity contribution is -0.667. The molecule has 1 aromatic heterocycles. The van der Waals surface area contributed by atoms with Gasteiger partial charge in [-0.1, -0.05) is 97.2 Å². The number of nitrogens with zero attached hydrogens (tertiary/aromatic N) is 4. The van der Waals surface area contributed by atoms with E-state index in [1.54, 1.807) is 19.1 Å². The number of carboxylic acid groups (broad SMARTS) is 1. The van der Waals surface area contributed by atoms with Gasteiger partial charge >= 0.3 is 5.97 Å². The fourth-order valence-corrected chi connectivity index (χ4v) is 9.99. The number of para-hydroxylation sites is 2. The number of fused-ring (bicyclic) bond motifs is 6. The number of nitrogens with one attached hydrogen (secondary N) is 1. The number of aliphatic carboxylic acids is 1. The summed E-state index contributed by atoms with van der Waals surface area (Å²) in [5, 5.41) is 30.6. The molecule has 2 N–H and O–H groups in total. The van der Waals surface area contributed by atoms with Crippen molar-refractivity contribution in [3.8, 4) is 11.5 Å². The van der Waals surface area contributed by atoms with Crippen LogP contribution >= 0.6 is 23.1 Å². The molecule has 0 saturated carbocycles. The van der Waals surface area contributed by atoms with Crippen LogP contribution in [0.25, 0.3) is 33.6 Å². The van der Waals surface area contributed by atoms with Gasteiger partial charge in [0.05, 0.1) is 17.8 Å². The molecule has 3 aliphatic rings. The average molecular weight is 921 g/mol. The Bertz CT molecular complexity index is 3080. The second-order valence-corrected chi connectivity index (χ2v) is 17.6. The summed E-state index contributed by atoms with van der Waals surface area (Å²) in [5.41, 5.74) is 3.96. The molecule has 6 aromatic rings. The van der Waals surface area contributed by atoms with E-state index in [9.17, 15) is 24.6 Å². The molecule has 0 fully saturated rings. The van der Waals surface area contributed by atoms with Crippen molar-refractivity contribution in [2.24, 2.45) is 4.99 Å². The van der Waals surface area contributed by atoms with E-state index in [0.29, 0.717) is 31.0 Å². The molecular weight excluding hydrogens is 874 g/mol. The molecule has 0 unspecified atom stereocenters. The van der Waals surface area contributed by atoms with Crippen molar-refractivity contribution in [2.75, 3.05) is 50.1 Å². The molecule has 9 rings (SSSR count). The Balaban J connectivity index is 0.000000188. The van der Waals surface area contributed by atoms with Gasteiger partial charge in [0, 0.05) is 84.9 Å². The van der Waals surface area contributed by atoms with Crippen LogP contribution in [0.3, 0.4) is 0 Å². The maximum Gasteiger partial charge on any atom is 0.309 e. The van der Waals surface area contributed by atoms with Crippen molar-refractivity contribution in [3.05, 3.63) is 141 Å². The third-order valence-electron chi connectivity index (χ3n) is 11.2. The highest BCUT2D eigenvalue weighted by atomic mass is 32.2. The van der Waals surface area contributed by atoms with Crippen LogP contribution in [0.2, 0.25) is 6.32 Å². The third-order valence-corrected chi connectivity index (χ3v) is 13.4. The first-order valence-electron chi connectivity index (χ1n) is 21.5. The van der Waals surface area contributed by atoms with Crippen LogP contribution < -0.4 is 40.1 Å². The minimum Gasteiger partial charge on any atom is -0.871 e. The number of carbonyl (C=O) groups excluding carboxylic acids is 2. The zero-order chi connectivity index (χ0) is 46.3. The minimum absolute atomic E-state index is 0.0361. The number of aromatic nitrogens is 1. The standard InChI is InChI=1S/C28H25N3O5S2.C22H22BN2O3/c1-2-23(32)29-12-14-31-20-8-4-6-10-22(20)38-25(31)16-18-27(35)17(28(18)36)15-24-30(13-11-26(33)34)19-7-3-5-9-21(19)37-24;1-15-12-21-22(18-7-5-4-6-17(15)18)24-19-9-8-16(13-20(19)28-21)25(2)11-10-23-14-27-26-3/h3-10,15-16H,2,11-14H2,1H3,(H2-,29,32,33,34,35,36);4-9,12-13H,1,10-11,14H2,2-3H3. The molecule has 16 heteroatoms. The first kappa shape index (κ1) is 45.8. The number of carbonyl (C=O) groups is 3. The molecule has 66 heavy (non-hydrogen) atoms. The number of aryl methyl sites for hydroxylation is 1. The number of benzene rings is 5. The van der Waals surface area contributed by atoms with Gasteiger partial charge in [0.1, 0.15) is 22.2 Å². The van der Waals surface area contributed by atoms with Crippen molar-refractivity contribution in [3.63, 3.8) is 0 Å². The molecule has 1 radical (unpaired) electrons. The zero-order valence-electron chi connectivity index (χ0n) is 36.7. The largest absolute Gasteiger partial charge is 0.871 e. The van der Waals surface area contributed by atoms with Crippen molar-refractivity contribution < 1.29 is 43.7 Å². The summed E-state index contributed by atoms with van der Waals surface area (Å²) in [6.45, 7) is 8.48. The summed E-state index contributed by atoms with van der Waals surface area (Å²) in [7, 11) is 5.61. The summed E-state index contributed by atoms with van der Waals surface area (Å²) in [6.07, 6.45) is 4.44. The van der Waals surface area contributed by atoms with Crippen molar-refractivity contribution in [2.45, 2.75) is 37.5 Å². The molecule has 0 spiro atoms. The van der Waals surface area contributed by atoms with Crippen LogP contribution in [0.1, 0.15) is 24.8 Å². The molecule has 1 amide bonds. The molecule has 13 nitrogen and oxygen atoms in total. The van der Waals surface area contributed by atoms with E-state index in [-0.39, 0.29) is 41.6 Å². The van der Waals surface area contributed by atoms with Crippen molar-refractivity contribution in [1.29, 1.82) is 0 Å². The lowest BCUT2D eigenvalue weighted by Gasteiger charge is -2.29. The number of hydrogen-bond acceptors (Lipinski definition) is 12. The van der Waals surface area contributed by atoms with E-state index in [1.165, 1.54) is 30.2 Å².